The number of hydrogen-bond acceptors (Lipinski definition) is 6. The number of anilines is 1. The molecule has 2 N–H and O–H groups in total. The molecule has 0 bridgehead atoms. The van der Waals surface area contributed by atoms with Gasteiger partial charge in [0.05, 0.1) is 16.7 Å². The minimum atomic E-state index is -0.508. The summed E-state index contributed by atoms with van der Waals surface area (Å²) in [5.41, 5.74) is 0.242. The fourth-order valence-electron chi connectivity index (χ4n) is 2.43. The largest absolute Gasteiger partial charge is 0.482 e. The van der Waals surface area contributed by atoms with Crippen molar-refractivity contribution < 1.29 is 19.2 Å². The van der Waals surface area contributed by atoms with E-state index >= 15 is 0 Å². The number of rotatable bonds is 3. The zero-order chi connectivity index (χ0) is 14.8. The highest BCUT2D eigenvalue weighted by Gasteiger charge is 2.26. The Balaban J connectivity index is 1.91. The molecule has 2 aliphatic rings. The first kappa shape index (κ1) is 13.6. The van der Waals surface area contributed by atoms with Gasteiger partial charge in [0, 0.05) is 12.6 Å². The van der Waals surface area contributed by atoms with Crippen LogP contribution in [0, 0.1) is 10.1 Å². The molecule has 1 aromatic rings. The molecule has 1 aromatic carbocycles. The van der Waals surface area contributed by atoms with Gasteiger partial charge in [-0.1, -0.05) is 0 Å². The SMILES string of the molecule is O=C1COc2cc([N+](=O)[O-])c(OC3CCCNC3)cc2N1. The van der Waals surface area contributed by atoms with Crippen LogP contribution >= 0.6 is 0 Å². The Labute approximate surface area is 120 Å². The first-order valence-electron chi connectivity index (χ1n) is 6.76. The minimum Gasteiger partial charge on any atom is -0.482 e. The molecular weight excluding hydrogens is 278 g/mol. The molecule has 0 radical (unpaired) electrons. The molecular formula is C13H15N3O5. The first-order chi connectivity index (χ1) is 10.1. The van der Waals surface area contributed by atoms with Crippen molar-refractivity contribution in [2.75, 3.05) is 25.0 Å². The summed E-state index contributed by atoms with van der Waals surface area (Å²) in [5.74, 6) is 0.148. The maximum Gasteiger partial charge on any atom is 0.314 e. The van der Waals surface area contributed by atoms with Gasteiger partial charge in [0.25, 0.3) is 5.91 Å². The minimum absolute atomic E-state index is 0.115. The van der Waals surface area contributed by atoms with Gasteiger partial charge in [0.1, 0.15) is 6.10 Å². The first-order valence-corrected chi connectivity index (χ1v) is 6.76. The van der Waals surface area contributed by atoms with Gasteiger partial charge in [-0.2, -0.15) is 0 Å². The molecule has 2 aliphatic heterocycles. The molecule has 1 fully saturated rings. The number of benzene rings is 1. The van der Waals surface area contributed by atoms with Gasteiger partial charge in [0.15, 0.2) is 18.1 Å². The summed E-state index contributed by atoms with van der Waals surface area (Å²) in [6, 6.07) is 2.75. The van der Waals surface area contributed by atoms with Gasteiger partial charge in [-0.15, -0.1) is 0 Å². The van der Waals surface area contributed by atoms with E-state index in [4.69, 9.17) is 9.47 Å². The van der Waals surface area contributed by atoms with Crippen LogP contribution in [-0.2, 0) is 4.79 Å². The monoisotopic (exact) mass is 293 g/mol. The smallest absolute Gasteiger partial charge is 0.314 e. The van der Waals surface area contributed by atoms with Gasteiger partial charge < -0.3 is 20.1 Å². The number of hydrogen-bond donors (Lipinski definition) is 2. The number of nitro groups is 1. The van der Waals surface area contributed by atoms with Crippen LogP contribution in [0.1, 0.15) is 12.8 Å². The van der Waals surface area contributed by atoms with Crippen molar-refractivity contribution in [2.45, 2.75) is 18.9 Å². The van der Waals surface area contributed by atoms with Crippen molar-refractivity contribution in [3.8, 4) is 11.5 Å². The Morgan fingerprint density at radius 2 is 2.29 bits per heavy atom. The molecule has 1 atom stereocenters. The summed E-state index contributed by atoms with van der Waals surface area (Å²) < 4.78 is 10.9. The molecule has 8 nitrogen and oxygen atoms in total. The summed E-state index contributed by atoms with van der Waals surface area (Å²) in [7, 11) is 0. The van der Waals surface area contributed by atoms with E-state index in [1.807, 2.05) is 0 Å². The molecule has 0 aliphatic carbocycles. The Hall–Kier alpha value is -2.35. The van der Waals surface area contributed by atoms with Crippen LogP contribution in [0.4, 0.5) is 11.4 Å². The number of amides is 1. The maximum atomic E-state index is 11.3. The average molecular weight is 293 g/mol. The molecule has 1 saturated heterocycles. The van der Waals surface area contributed by atoms with Gasteiger partial charge in [-0.3, -0.25) is 14.9 Å². The van der Waals surface area contributed by atoms with Crippen LogP contribution in [0.15, 0.2) is 12.1 Å². The highest BCUT2D eigenvalue weighted by atomic mass is 16.6. The lowest BCUT2D eigenvalue weighted by Crippen LogP contribution is -2.37. The highest BCUT2D eigenvalue weighted by Crippen LogP contribution is 2.39. The van der Waals surface area contributed by atoms with Gasteiger partial charge in [0.2, 0.25) is 0 Å². The highest BCUT2D eigenvalue weighted by molar-refractivity contribution is 5.96. The molecule has 21 heavy (non-hydrogen) atoms. The van der Waals surface area contributed by atoms with E-state index in [0.29, 0.717) is 12.2 Å². The van der Waals surface area contributed by atoms with Crippen LogP contribution in [0.5, 0.6) is 11.5 Å². The van der Waals surface area contributed by atoms with E-state index in [0.717, 1.165) is 19.4 Å². The summed E-state index contributed by atoms with van der Waals surface area (Å²) >= 11 is 0. The predicted octanol–water partition coefficient (Wildman–Crippen LogP) is 1.06. The Bertz CT molecular complexity index is 583. The van der Waals surface area contributed by atoms with Crippen LogP contribution in [0.25, 0.3) is 0 Å². The van der Waals surface area contributed by atoms with Crippen molar-refractivity contribution >= 4 is 17.3 Å². The number of piperidine rings is 1. The number of nitrogens with one attached hydrogen (secondary N) is 2. The average Bonchev–Trinajstić information content (AvgIpc) is 2.47. The van der Waals surface area contributed by atoms with E-state index in [2.05, 4.69) is 10.6 Å². The number of fused-ring (bicyclic) bond motifs is 1. The van der Waals surface area contributed by atoms with Crippen molar-refractivity contribution in [2.24, 2.45) is 0 Å². The molecule has 0 saturated carbocycles. The van der Waals surface area contributed by atoms with Crippen molar-refractivity contribution in [3.05, 3.63) is 22.2 Å². The molecule has 112 valence electrons. The van der Waals surface area contributed by atoms with Crippen molar-refractivity contribution in [1.29, 1.82) is 0 Å². The summed E-state index contributed by atoms with van der Waals surface area (Å²) in [6.45, 7) is 1.43. The topological polar surface area (TPSA) is 103 Å². The van der Waals surface area contributed by atoms with E-state index in [-0.39, 0.29) is 35.8 Å². The lowest BCUT2D eigenvalue weighted by Gasteiger charge is -2.25. The number of carbonyl (C=O) groups is 1. The molecule has 0 aromatic heterocycles. The van der Waals surface area contributed by atoms with E-state index in [1.54, 1.807) is 0 Å². The zero-order valence-corrected chi connectivity index (χ0v) is 11.3. The standard InChI is InChI=1S/C13H15N3O5/c17-13-7-20-11-5-10(16(18)19)12(4-9(11)15-13)21-8-2-1-3-14-6-8/h4-5,8,14H,1-3,6-7H2,(H,15,17). The second-order valence-electron chi connectivity index (χ2n) is 5.00. The molecule has 2 heterocycles. The lowest BCUT2D eigenvalue weighted by molar-refractivity contribution is -0.386. The summed E-state index contributed by atoms with van der Waals surface area (Å²) in [4.78, 5) is 22.0. The molecule has 8 heteroatoms. The van der Waals surface area contributed by atoms with Crippen LogP contribution in [0.2, 0.25) is 0 Å². The Morgan fingerprint density at radius 1 is 1.43 bits per heavy atom. The van der Waals surface area contributed by atoms with Crippen molar-refractivity contribution in [1.82, 2.24) is 5.32 Å². The van der Waals surface area contributed by atoms with Crippen LogP contribution in [0.3, 0.4) is 0 Å². The number of nitrogens with zero attached hydrogens (tertiary/aromatic N) is 1. The zero-order valence-electron chi connectivity index (χ0n) is 11.3. The van der Waals surface area contributed by atoms with E-state index in [1.165, 1.54) is 12.1 Å². The Kier molecular flexibility index (Phi) is 3.61. The fraction of sp³-hybridized carbons (Fsp3) is 0.462. The third-order valence-electron chi connectivity index (χ3n) is 3.44. The van der Waals surface area contributed by atoms with Gasteiger partial charge in [-0.05, 0) is 19.4 Å². The van der Waals surface area contributed by atoms with E-state index in [9.17, 15) is 14.9 Å². The summed E-state index contributed by atoms with van der Waals surface area (Å²) in [6.07, 6.45) is 1.68. The Morgan fingerprint density at radius 3 is 3.00 bits per heavy atom. The number of ether oxygens (including phenoxy) is 2. The third kappa shape index (κ3) is 2.89. The second kappa shape index (κ2) is 5.57. The van der Waals surface area contributed by atoms with Crippen LogP contribution < -0.4 is 20.1 Å². The van der Waals surface area contributed by atoms with Gasteiger partial charge >= 0.3 is 5.69 Å². The third-order valence-corrected chi connectivity index (χ3v) is 3.44. The molecule has 3 rings (SSSR count). The van der Waals surface area contributed by atoms with Gasteiger partial charge in [-0.25, -0.2) is 0 Å². The fourth-order valence-corrected chi connectivity index (χ4v) is 2.43. The van der Waals surface area contributed by atoms with Crippen LogP contribution in [-0.4, -0.2) is 36.6 Å². The maximum absolute atomic E-state index is 11.3. The predicted molar refractivity (Wildman–Crippen MR) is 73.7 cm³/mol. The number of nitro benzene ring substituents is 1. The summed E-state index contributed by atoms with van der Waals surface area (Å²) in [5, 5.41) is 17.0. The van der Waals surface area contributed by atoms with E-state index < -0.39 is 4.92 Å². The molecule has 1 amide bonds. The number of carbonyl (C=O) groups excluding carboxylic acids is 1. The molecule has 1 unspecified atom stereocenters. The second-order valence-corrected chi connectivity index (χ2v) is 5.00. The lowest BCUT2D eigenvalue weighted by atomic mass is 10.1. The normalized spacial score (nSPS) is 21.0. The molecule has 0 spiro atoms. The quantitative estimate of drug-likeness (QED) is 0.638. The van der Waals surface area contributed by atoms with Crippen molar-refractivity contribution in [3.63, 3.8) is 0 Å².